The van der Waals surface area contributed by atoms with Crippen molar-refractivity contribution >= 4 is 23.4 Å². The fourth-order valence-corrected chi connectivity index (χ4v) is 4.09. The molecule has 0 saturated carbocycles. The van der Waals surface area contributed by atoms with Crippen LogP contribution in [0.25, 0.3) is 11.4 Å². The number of benzene rings is 3. The molecular formula is C25H23FN4O2S. The first kappa shape index (κ1) is 22.5. The lowest BCUT2D eigenvalue weighted by Gasteiger charge is -2.12. The van der Waals surface area contributed by atoms with Gasteiger partial charge in [-0.25, -0.2) is 4.39 Å². The summed E-state index contributed by atoms with van der Waals surface area (Å²) in [6.45, 7) is 2.48. The SMILES string of the molecule is COc1ccc(C)cc1NC(=O)CSc1nnc(-c2ccc(F)cc2)n1Cc1ccccc1. The smallest absolute Gasteiger partial charge is 0.234 e. The van der Waals surface area contributed by atoms with Crippen LogP contribution in [0.4, 0.5) is 10.1 Å². The van der Waals surface area contributed by atoms with Crippen molar-refractivity contribution in [3.05, 3.63) is 89.7 Å². The van der Waals surface area contributed by atoms with Crippen molar-refractivity contribution in [2.24, 2.45) is 0 Å². The van der Waals surface area contributed by atoms with Crippen molar-refractivity contribution < 1.29 is 13.9 Å². The van der Waals surface area contributed by atoms with Gasteiger partial charge in [-0.2, -0.15) is 0 Å². The largest absolute Gasteiger partial charge is 0.495 e. The summed E-state index contributed by atoms with van der Waals surface area (Å²) < 4.78 is 20.7. The summed E-state index contributed by atoms with van der Waals surface area (Å²) in [6, 6.07) is 21.7. The van der Waals surface area contributed by atoms with E-state index < -0.39 is 0 Å². The van der Waals surface area contributed by atoms with Crippen LogP contribution in [-0.2, 0) is 11.3 Å². The van der Waals surface area contributed by atoms with Crippen molar-refractivity contribution in [2.45, 2.75) is 18.6 Å². The Bertz CT molecular complexity index is 1240. The Kier molecular flexibility index (Phi) is 7.04. The lowest BCUT2D eigenvalue weighted by Crippen LogP contribution is -2.15. The van der Waals surface area contributed by atoms with Crippen molar-refractivity contribution in [3.8, 4) is 17.1 Å². The molecule has 1 amide bonds. The van der Waals surface area contributed by atoms with E-state index in [4.69, 9.17) is 4.74 Å². The van der Waals surface area contributed by atoms with E-state index >= 15 is 0 Å². The van der Waals surface area contributed by atoms with Gasteiger partial charge in [-0.1, -0.05) is 48.2 Å². The normalized spacial score (nSPS) is 10.8. The summed E-state index contributed by atoms with van der Waals surface area (Å²) in [5.41, 5.74) is 3.46. The topological polar surface area (TPSA) is 69.0 Å². The van der Waals surface area contributed by atoms with E-state index in [9.17, 15) is 9.18 Å². The maximum atomic E-state index is 13.4. The van der Waals surface area contributed by atoms with Crippen LogP contribution in [0.1, 0.15) is 11.1 Å². The fraction of sp³-hybridized carbons (Fsp3) is 0.160. The second-order valence-corrected chi connectivity index (χ2v) is 8.37. The van der Waals surface area contributed by atoms with Gasteiger partial charge in [-0.3, -0.25) is 9.36 Å². The van der Waals surface area contributed by atoms with Gasteiger partial charge < -0.3 is 10.1 Å². The molecule has 0 bridgehead atoms. The molecular weight excluding hydrogens is 439 g/mol. The van der Waals surface area contributed by atoms with Crippen LogP contribution in [0.2, 0.25) is 0 Å². The molecule has 1 N–H and O–H groups in total. The summed E-state index contributed by atoms with van der Waals surface area (Å²) in [5.74, 6) is 0.868. The molecule has 168 valence electrons. The van der Waals surface area contributed by atoms with E-state index in [0.29, 0.717) is 29.0 Å². The number of thioether (sulfide) groups is 1. The Morgan fingerprint density at radius 2 is 1.82 bits per heavy atom. The minimum Gasteiger partial charge on any atom is -0.495 e. The number of nitrogens with one attached hydrogen (secondary N) is 1. The van der Waals surface area contributed by atoms with Gasteiger partial charge in [-0.15, -0.1) is 10.2 Å². The Labute approximate surface area is 195 Å². The summed E-state index contributed by atoms with van der Waals surface area (Å²) in [6.07, 6.45) is 0. The van der Waals surface area contributed by atoms with Gasteiger partial charge in [-0.05, 0) is 54.4 Å². The predicted octanol–water partition coefficient (Wildman–Crippen LogP) is 5.18. The molecule has 0 spiro atoms. The van der Waals surface area contributed by atoms with Gasteiger partial charge in [0.1, 0.15) is 11.6 Å². The number of hydrogen-bond acceptors (Lipinski definition) is 5. The molecule has 8 heteroatoms. The predicted molar refractivity (Wildman–Crippen MR) is 128 cm³/mol. The molecule has 0 fully saturated rings. The molecule has 0 aliphatic carbocycles. The number of aryl methyl sites for hydroxylation is 1. The third-order valence-corrected chi connectivity index (χ3v) is 5.93. The number of rotatable bonds is 8. The molecule has 0 unspecified atom stereocenters. The zero-order valence-corrected chi connectivity index (χ0v) is 19.1. The molecule has 0 atom stereocenters. The summed E-state index contributed by atoms with van der Waals surface area (Å²) in [5, 5.41) is 12.2. The van der Waals surface area contributed by atoms with Crippen LogP contribution < -0.4 is 10.1 Å². The Balaban J connectivity index is 1.55. The monoisotopic (exact) mass is 462 g/mol. The van der Waals surface area contributed by atoms with Gasteiger partial charge in [0.15, 0.2) is 11.0 Å². The highest BCUT2D eigenvalue weighted by atomic mass is 32.2. The molecule has 4 aromatic rings. The van der Waals surface area contributed by atoms with Crippen LogP contribution in [0.5, 0.6) is 5.75 Å². The summed E-state index contributed by atoms with van der Waals surface area (Å²) in [7, 11) is 1.57. The average molecular weight is 463 g/mol. The van der Waals surface area contributed by atoms with Crippen LogP contribution in [0.15, 0.2) is 78.0 Å². The van der Waals surface area contributed by atoms with E-state index in [1.165, 1.54) is 23.9 Å². The Morgan fingerprint density at radius 1 is 1.06 bits per heavy atom. The van der Waals surface area contributed by atoms with E-state index in [1.807, 2.05) is 60.0 Å². The quantitative estimate of drug-likeness (QED) is 0.366. The molecule has 1 aromatic heterocycles. The summed E-state index contributed by atoms with van der Waals surface area (Å²) in [4.78, 5) is 12.7. The molecule has 0 saturated heterocycles. The first-order valence-electron chi connectivity index (χ1n) is 10.3. The van der Waals surface area contributed by atoms with Crippen LogP contribution in [0, 0.1) is 12.7 Å². The second-order valence-electron chi connectivity index (χ2n) is 7.43. The lowest BCUT2D eigenvalue weighted by atomic mass is 10.2. The van der Waals surface area contributed by atoms with Crippen molar-refractivity contribution in [3.63, 3.8) is 0 Å². The highest BCUT2D eigenvalue weighted by molar-refractivity contribution is 7.99. The van der Waals surface area contributed by atoms with Crippen molar-refractivity contribution in [2.75, 3.05) is 18.2 Å². The molecule has 4 rings (SSSR count). The molecule has 3 aromatic carbocycles. The third-order valence-electron chi connectivity index (χ3n) is 4.96. The average Bonchev–Trinajstić information content (AvgIpc) is 3.21. The minimum atomic E-state index is -0.314. The first-order chi connectivity index (χ1) is 16.0. The number of carbonyl (C=O) groups excluding carboxylic acids is 1. The van der Waals surface area contributed by atoms with Gasteiger partial charge in [0, 0.05) is 5.56 Å². The van der Waals surface area contributed by atoms with Crippen LogP contribution in [-0.4, -0.2) is 33.5 Å². The maximum absolute atomic E-state index is 13.4. The van der Waals surface area contributed by atoms with E-state index in [2.05, 4.69) is 15.5 Å². The fourth-order valence-electron chi connectivity index (χ4n) is 3.35. The van der Waals surface area contributed by atoms with Crippen LogP contribution in [0.3, 0.4) is 0 Å². The van der Waals surface area contributed by atoms with Crippen molar-refractivity contribution in [1.29, 1.82) is 0 Å². The van der Waals surface area contributed by atoms with E-state index in [-0.39, 0.29) is 17.5 Å². The maximum Gasteiger partial charge on any atom is 0.234 e. The molecule has 6 nitrogen and oxygen atoms in total. The van der Waals surface area contributed by atoms with Gasteiger partial charge >= 0.3 is 0 Å². The van der Waals surface area contributed by atoms with Gasteiger partial charge in [0.25, 0.3) is 0 Å². The standard InChI is InChI=1S/C25H23FN4O2S/c1-17-8-13-22(32-2)21(14-17)27-23(31)16-33-25-29-28-24(19-9-11-20(26)12-10-19)30(25)15-18-6-4-3-5-7-18/h3-14H,15-16H2,1-2H3,(H,27,31). The van der Waals surface area contributed by atoms with E-state index in [1.54, 1.807) is 19.2 Å². The third kappa shape index (κ3) is 5.59. The molecule has 0 radical (unpaired) electrons. The number of methoxy groups -OCH3 is 1. The number of halogens is 1. The Morgan fingerprint density at radius 3 is 2.55 bits per heavy atom. The number of carbonyl (C=O) groups is 1. The van der Waals surface area contributed by atoms with Crippen molar-refractivity contribution in [1.82, 2.24) is 14.8 Å². The van der Waals surface area contributed by atoms with Gasteiger partial charge in [0.2, 0.25) is 5.91 Å². The minimum absolute atomic E-state index is 0.146. The highest BCUT2D eigenvalue weighted by Crippen LogP contribution is 2.28. The number of hydrogen-bond donors (Lipinski definition) is 1. The van der Waals surface area contributed by atoms with Gasteiger partial charge in [0.05, 0.1) is 25.1 Å². The Hall–Kier alpha value is -3.65. The number of nitrogens with zero attached hydrogens (tertiary/aromatic N) is 3. The summed E-state index contributed by atoms with van der Waals surface area (Å²) >= 11 is 1.29. The second kappa shape index (κ2) is 10.3. The molecule has 1 heterocycles. The molecule has 0 aliphatic heterocycles. The number of ether oxygens (including phenoxy) is 1. The number of anilines is 1. The zero-order valence-electron chi connectivity index (χ0n) is 18.3. The molecule has 33 heavy (non-hydrogen) atoms. The first-order valence-corrected chi connectivity index (χ1v) is 11.3. The zero-order chi connectivity index (χ0) is 23.2. The van der Waals surface area contributed by atoms with Crippen LogP contribution >= 0.6 is 11.8 Å². The number of aromatic nitrogens is 3. The lowest BCUT2D eigenvalue weighted by molar-refractivity contribution is -0.113. The highest BCUT2D eigenvalue weighted by Gasteiger charge is 2.17. The number of amides is 1. The van der Waals surface area contributed by atoms with E-state index in [0.717, 1.165) is 16.7 Å². The molecule has 0 aliphatic rings.